The van der Waals surface area contributed by atoms with Crippen molar-refractivity contribution < 1.29 is 27.5 Å². The summed E-state index contributed by atoms with van der Waals surface area (Å²) in [5.41, 5.74) is 3.65. The molecular weight excluding hydrogens is 455 g/mol. The van der Waals surface area contributed by atoms with E-state index in [4.69, 9.17) is 0 Å². The number of methoxy groups -OCH3 is 1. The molecule has 0 aliphatic heterocycles. The van der Waals surface area contributed by atoms with Crippen LogP contribution in [0.2, 0.25) is 0 Å². The van der Waals surface area contributed by atoms with Gasteiger partial charge in [-0.3, -0.25) is 9.18 Å². The molecule has 7 heteroatoms. The highest BCUT2D eigenvalue weighted by molar-refractivity contribution is 5.87. The Balaban J connectivity index is 0.000000559. The lowest BCUT2D eigenvalue weighted by atomic mass is 10.0. The van der Waals surface area contributed by atoms with Crippen molar-refractivity contribution in [2.45, 2.75) is 13.8 Å². The molecule has 1 N–H and O–H groups in total. The third-order valence-corrected chi connectivity index (χ3v) is 4.04. The Labute approximate surface area is 204 Å². The third kappa shape index (κ3) is 12.6. The number of amides is 1. The zero-order valence-electron chi connectivity index (χ0n) is 20.2. The number of anilines is 1. The van der Waals surface area contributed by atoms with E-state index in [2.05, 4.69) is 16.6 Å². The number of esters is 1. The fraction of sp³-hybridized carbons (Fsp3) is 0.143. The van der Waals surface area contributed by atoms with Gasteiger partial charge in [-0.1, -0.05) is 36.4 Å². The summed E-state index contributed by atoms with van der Waals surface area (Å²) in [6.45, 7) is 6.94. The molecule has 186 valence electrons. The molecule has 0 radical (unpaired) electrons. The predicted molar refractivity (Wildman–Crippen MR) is 137 cm³/mol. The number of carbonyl (C=O) groups excluding carboxylic acids is 2. The van der Waals surface area contributed by atoms with Gasteiger partial charge in [0.15, 0.2) is 0 Å². The van der Waals surface area contributed by atoms with Gasteiger partial charge in [0.25, 0.3) is 0 Å². The summed E-state index contributed by atoms with van der Waals surface area (Å²) < 4.78 is 39.9. The molecule has 3 aromatic carbocycles. The Morgan fingerprint density at radius 1 is 0.971 bits per heavy atom. The number of benzene rings is 3. The normalized spacial score (nSPS) is 9.23. The van der Waals surface area contributed by atoms with Gasteiger partial charge >= 0.3 is 5.97 Å². The Bertz CT molecular complexity index is 1100. The van der Waals surface area contributed by atoms with Crippen LogP contribution in [0.4, 0.5) is 18.9 Å². The maximum atomic E-state index is 13.0. The summed E-state index contributed by atoms with van der Waals surface area (Å²) in [5, 5.41) is 2.52. The van der Waals surface area contributed by atoms with Gasteiger partial charge in [0.05, 0.1) is 14.3 Å². The molecule has 0 heterocycles. The molecule has 0 saturated carbocycles. The van der Waals surface area contributed by atoms with Gasteiger partial charge in [0, 0.05) is 11.8 Å². The fourth-order valence-electron chi connectivity index (χ4n) is 2.52. The number of alkyl halides is 1. The monoisotopic (exact) mass is 485 g/mol. The van der Waals surface area contributed by atoms with Crippen LogP contribution in [0, 0.1) is 18.6 Å². The summed E-state index contributed by atoms with van der Waals surface area (Å²) in [6, 6.07) is 18.1. The highest BCUT2D eigenvalue weighted by Gasteiger charge is 2.02. The zero-order chi connectivity index (χ0) is 26.6. The van der Waals surface area contributed by atoms with Gasteiger partial charge in [-0.15, -0.1) is 6.58 Å². The van der Waals surface area contributed by atoms with E-state index < -0.39 is 5.97 Å². The molecule has 3 rings (SSSR count). The molecule has 0 unspecified atom stereocenters. The van der Waals surface area contributed by atoms with Crippen LogP contribution in [0.3, 0.4) is 0 Å². The minimum Gasteiger partial charge on any atom is -0.466 e. The summed E-state index contributed by atoms with van der Waals surface area (Å²) >= 11 is 0. The second-order valence-electron chi connectivity index (χ2n) is 6.63. The van der Waals surface area contributed by atoms with Crippen LogP contribution < -0.4 is 5.32 Å². The lowest BCUT2D eigenvalue weighted by molar-refractivity contribution is -0.134. The van der Waals surface area contributed by atoms with Crippen LogP contribution >= 0.6 is 0 Å². The zero-order valence-corrected chi connectivity index (χ0v) is 20.2. The van der Waals surface area contributed by atoms with E-state index in [1.807, 2.05) is 13.0 Å². The van der Waals surface area contributed by atoms with Crippen molar-refractivity contribution in [3.8, 4) is 11.1 Å². The first-order chi connectivity index (χ1) is 16.8. The average molecular weight is 486 g/mol. The molecule has 3 aromatic rings. The molecule has 0 bridgehead atoms. The first kappa shape index (κ1) is 30.9. The maximum absolute atomic E-state index is 13.0. The van der Waals surface area contributed by atoms with Crippen molar-refractivity contribution in [3.63, 3.8) is 0 Å². The maximum Gasteiger partial charge on any atom is 0.330 e. The molecule has 0 atom stereocenters. The second kappa shape index (κ2) is 18.3. The van der Waals surface area contributed by atoms with Crippen LogP contribution in [-0.4, -0.2) is 26.7 Å². The second-order valence-corrected chi connectivity index (χ2v) is 6.63. The lowest BCUT2D eigenvalue weighted by Crippen LogP contribution is -1.94. The van der Waals surface area contributed by atoms with Gasteiger partial charge in [-0.05, 0) is 78.6 Å². The topological polar surface area (TPSA) is 55.4 Å². The number of halogens is 3. The largest absolute Gasteiger partial charge is 0.466 e. The van der Waals surface area contributed by atoms with Crippen LogP contribution in [0.25, 0.3) is 17.2 Å². The van der Waals surface area contributed by atoms with Crippen LogP contribution in [-0.2, 0) is 14.3 Å². The molecule has 0 saturated heterocycles. The quantitative estimate of drug-likeness (QED) is 0.181. The van der Waals surface area contributed by atoms with Gasteiger partial charge in [-0.2, -0.15) is 0 Å². The van der Waals surface area contributed by atoms with Crippen molar-refractivity contribution in [3.05, 3.63) is 108 Å². The molecular formula is C28H30F3NO3. The molecule has 1 amide bonds. The van der Waals surface area contributed by atoms with Crippen molar-refractivity contribution in [2.24, 2.45) is 0 Å². The molecule has 4 nitrogen and oxygen atoms in total. The van der Waals surface area contributed by atoms with Crippen molar-refractivity contribution in [2.75, 3.05) is 19.6 Å². The van der Waals surface area contributed by atoms with Gasteiger partial charge < -0.3 is 10.1 Å². The van der Waals surface area contributed by atoms with E-state index in [-0.39, 0.29) is 11.6 Å². The number of ether oxygens (including phenoxy) is 1. The summed E-state index contributed by atoms with van der Waals surface area (Å²) in [4.78, 5) is 21.0. The van der Waals surface area contributed by atoms with E-state index in [1.165, 1.54) is 31.4 Å². The van der Waals surface area contributed by atoms with Crippen molar-refractivity contribution in [1.29, 1.82) is 0 Å². The number of allylic oxidation sites excluding steroid dienone is 1. The van der Waals surface area contributed by atoms with E-state index in [1.54, 1.807) is 61.5 Å². The van der Waals surface area contributed by atoms with E-state index >= 15 is 0 Å². The first-order valence-electron chi connectivity index (χ1n) is 10.4. The lowest BCUT2D eigenvalue weighted by Gasteiger charge is -2.03. The highest BCUT2D eigenvalue weighted by atomic mass is 19.1. The standard InChI is InChI=1S/C13H10F2.C11H11NO3.C3H6.CH3F/c1-9-7-11(5-6-13(9)15)10-3-2-4-12(14)8-10;1-15-11(14)6-5-9-3-2-4-10(7-9)12-8-13;1-3-2;1-2/h2-8H,1H3;2-8H,1H3,(H,12,13);3H,1H2,2H3;1H3/b;6-5+;;. The minimum atomic E-state index is -0.413. The summed E-state index contributed by atoms with van der Waals surface area (Å²) in [7, 11) is 1.82. The van der Waals surface area contributed by atoms with Crippen LogP contribution in [0.5, 0.6) is 0 Å². The Morgan fingerprint density at radius 3 is 2.17 bits per heavy atom. The Hall–Kier alpha value is -4.13. The third-order valence-electron chi connectivity index (χ3n) is 4.04. The van der Waals surface area contributed by atoms with Crippen LogP contribution in [0.15, 0.2) is 85.5 Å². The number of hydrogen-bond acceptors (Lipinski definition) is 3. The average Bonchev–Trinajstić information content (AvgIpc) is 2.87. The smallest absolute Gasteiger partial charge is 0.330 e. The van der Waals surface area contributed by atoms with E-state index in [9.17, 15) is 22.8 Å². The van der Waals surface area contributed by atoms with Gasteiger partial charge in [0.2, 0.25) is 6.41 Å². The van der Waals surface area contributed by atoms with Crippen molar-refractivity contribution >= 4 is 24.1 Å². The first-order valence-corrected chi connectivity index (χ1v) is 10.4. The number of hydrogen-bond donors (Lipinski definition) is 1. The minimum absolute atomic E-state index is 0.241. The van der Waals surface area contributed by atoms with Crippen molar-refractivity contribution in [1.82, 2.24) is 0 Å². The van der Waals surface area contributed by atoms with Gasteiger partial charge in [0.1, 0.15) is 11.6 Å². The molecule has 0 spiro atoms. The number of rotatable bonds is 5. The van der Waals surface area contributed by atoms with Crippen LogP contribution in [0.1, 0.15) is 18.1 Å². The predicted octanol–water partition coefficient (Wildman–Crippen LogP) is 7.16. The molecule has 35 heavy (non-hydrogen) atoms. The molecule has 0 fully saturated rings. The van der Waals surface area contributed by atoms with Gasteiger partial charge in [-0.25, -0.2) is 13.6 Å². The number of carbonyl (C=O) groups is 2. The number of aryl methyl sites for hydroxylation is 1. The Kier molecular flexibility index (Phi) is 16.2. The summed E-state index contributed by atoms with van der Waals surface area (Å²) in [5.74, 6) is -0.937. The van der Waals surface area contributed by atoms with E-state index in [0.717, 1.165) is 16.7 Å². The summed E-state index contributed by atoms with van der Waals surface area (Å²) in [6.07, 6.45) is 5.28. The van der Waals surface area contributed by atoms with E-state index in [0.29, 0.717) is 24.8 Å². The Morgan fingerprint density at radius 2 is 1.60 bits per heavy atom. The SMILES string of the molecule is C=CC.CF.COC(=O)/C=C/c1cccc(NC=O)c1.Cc1cc(-c2cccc(F)c2)ccc1F. The molecule has 0 aromatic heterocycles. The number of nitrogens with one attached hydrogen (secondary N) is 1. The molecule has 0 aliphatic carbocycles. The fourth-order valence-corrected chi connectivity index (χ4v) is 2.52. The highest BCUT2D eigenvalue weighted by Crippen LogP contribution is 2.22. The molecule has 0 aliphatic rings.